The van der Waals surface area contributed by atoms with Crippen LogP contribution in [-0.2, 0) is 9.59 Å². The average molecular weight is 407 g/mol. The third-order valence-corrected chi connectivity index (χ3v) is 6.29. The third-order valence-electron chi connectivity index (χ3n) is 5.69. The first-order valence-electron chi connectivity index (χ1n) is 9.55. The predicted molar refractivity (Wildman–Crippen MR) is 109 cm³/mol. The molecule has 2 N–H and O–H groups in total. The first-order chi connectivity index (χ1) is 13.1. The Bertz CT molecular complexity index is 805. The Morgan fingerprint density at radius 2 is 1.89 bits per heavy atom. The molecule has 7 nitrogen and oxygen atoms in total. The summed E-state index contributed by atoms with van der Waals surface area (Å²) in [4.78, 5) is 40.0. The third kappa shape index (κ3) is 3.94. The number of carbonyl (C=O) groups excluding carboxylic acids is 3. The fourth-order valence-electron chi connectivity index (χ4n) is 3.93. The SMILES string of the molecule is Cc1cc(N2CCN(C(=O)CC[C@@]3(C)NC(=O)NC3=O)C[C@@H]2C)cc(C)c1Cl. The van der Waals surface area contributed by atoms with Gasteiger partial charge in [-0.1, -0.05) is 11.6 Å². The van der Waals surface area contributed by atoms with Crippen LogP contribution >= 0.6 is 11.6 Å². The van der Waals surface area contributed by atoms with Gasteiger partial charge in [-0.2, -0.15) is 0 Å². The Kier molecular flexibility index (Phi) is 5.57. The molecule has 2 fully saturated rings. The number of nitrogens with one attached hydrogen (secondary N) is 2. The maximum absolute atomic E-state index is 12.7. The molecule has 0 saturated carbocycles. The second kappa shape index (κ2) is 7.62. The van der Waals surface area contributed by atoms with E-state index in [0.29, 0.717) is 13.1 Å². The normalized spacial score (nSPS) is 25.0. The average Bonchev–Trinajstić information content (AvgIpc) is 2.89. The Labute approximate surface area is 170 Å². The van der Waals surface area contributed by atoms with Gasteiger partial charge in [-0.05, 0) is 57.4 Å². The Morgan fingerprint density at radius 1 is 1.25 bits per heavy atom. The van der Waals surface area contributed by atoms with Crippen LogP contribution in [0.1, 0.15) is 37.8 Å². The zero-order chi connectivity index (χ0) is 20.6. The lowest BCUT2D eigenvalue weighted by Crippen LogP contribution is -2.54. The van der Waals surface area contributed by atoms with Crippen LogP contribution in [0.25, 0.3) is 0 Å². The lowest BCUT2D eigenvalue weighted by atomic mass is 9.95. The van der Waals surface area contributed by atoms with Crippen molar-refractivity contribution in [3.63, 3.8) is 0 Å². The van der Waals surface area contributed by atoms with E-state index < -0.39 is 11.6 Å². The van der Waals surface area contributed by atoms with Crippen LogP contribution in [0.5, 0.6) is 0 Å². The van der Waals surface area contributed by atoms with Crippen LogP contribution in [0, 0.1) is 13.8 Å². The molecule has 0 radical (unpaired) electrons. The smallest absolute Gasteiger partial charge is 0.322 e. The summed E-state index contributed by atoms with van der Waals surface area (Å²) in [6.45, 7) is 9.73. The molecule has 28 heavy (non-hydrogen) atoms. The summed E-state index contributed by atoms with van der Waals surface area (Å²) in [6.07, 6.45) is 0.504. The van der Waals surface area contributed by atoms with Gasteiger partial charge < -0.3 is 15.1 Å². The molecule has 0 bridgehead atoms. The van der Waals surface area contributed by atoms with E-state index in [1.54, 1.807) is 6.92 Å². The number of rotatable bonds is 4. The highest BCUT2D eigenvalue weighted by Gasteiger charge is 2.42. The summed E-state index contributed by atoms with van der Waals surface area (Å²) in [7, 11) is 0. The number of urea groups is 1. The molecule has 0 aliphatic carbocycles. The lowest BCUT2D eigenvalue weighted by molar-refractivity contribution is -0.132. The molecule has 2 saturated heterocycles. The van der Waals surface area contributed by atoms with Crippen LogP contribution in [0.2, 0.25) is 5.02 Å². The van der Waals surface area contributed by atoms with E-state index in [1.807, 2.05) is 18.7 Å². The standard InChI is InChI=1S/C20H27ClN4O3/c1-12-9-15(10-13(2)17(12)21)25-8-7-24(11-14(25)3)16(26)5-6-20(4)18(27)22-19(28)23-20/h9-10,14H,5-8,11H2,1-4H3,(H2,22,23,27,28)/t14-,20+/m0/s1. The van der Waals surface area contributed by atoms with E-state index >= 15 is 0 Å². The molecule has 152 valence electrons. The molecular formula is C20H27ClN4O3. The van der Waals surface area contributed by atoms with Crippen LogP contribution in [0.15, 0.2) is 12.1 Å². The van der Waals surface area contributed by atoms with E-state index in [0.717, 1.165) is 28.4 Å². The molecule has 2 aliphatic heterocycles. The Morgan fingerprint density at radius 3 is 2.43 bits per heavy atom. The lowest BCUT2D eigenvalue weighted by Gasteiger charge is -2.41. The van der Waals surface area contributed by atoms with Crippen molar-refractivity contribution in [2.45, 2.75) is 52.1 Å². The number of halogens is 1. The molecule has 0 spiro atoms. The van der Waals surface area contributed by atoms with Crippen molar-refractivity contribution in [3.05, 3.63) is 28.3 Å². The van der Waals surface area contributed by atoms with E-state index in [4.69, 9.17) is 11.6 Å². The number of hydrogen-bond donors (Lipinski definition) is 2. The molecule has 3 rings (SSSR count). The molecule has 4 amide bonds. The number of piperazine rings is 1. The van der Waals surface area contributed by atoms with Gasteiger partial charge >= 0.3 is 6.03 Å². The monoisotopic (exact) mass is 406 g/mol. The number of nitrogens with zero attached hydrogens (tertiary/aromatic N) is 2. The number of amides is 4. The minimum Gasteiger partial charge on any atom is -0.365 e. The van der Waals surface area contributed by atoms with Gasteiger partial charge in [0.05, 0.1) is 0 Å². The summed E-state index contributed by atoms with van der Waals surface area (Å²) in [5.74, 6) is -0.373. The number of aryl methyl sites for hydroxylation is 2. The maximum Gasteiger partial charge on any atom is 0.322 e. The fraction of sp³-hybridized carbons (Fsp3) is 0.550. The predicted octanol–water partition coefficient (Wildman–Crippen LogP) is 2.37. The number of hydrogen-bond acceptors (Lipinski definition) is 4. The van der Waals surface area contributed by atoms with Gasteiger partial charge in [0.2, 0.25) is 5.91 Å². The molecule has 2 atom stereocenters. The van der Waals surface area contributed by atoms with Crippen molar-refractivity contribution < 1.29 is 14.4 Å². The van der Waals surface area contributed by atoms with Gasteiger partial charge in [0, 0.05) is 42.8 Å². The minimum absolute atomic E-state index is 0.00476. The minimum atomic E-state index is -1.02. The van der Waals surface area contributed by atoms with Gasteiger partial charge in [-0.15, -0.1) is 0 Å². The first kappa shape index (κ1) is 20.5. The van der Waals surface area contributed by atoms with E-state index in [2.05, 4.69) is 34.6 Å². The van der Waals surface area contributed by atoms with Crippen LogP contribution in [0.3, 0.4) is 0 Å². The topological polar surface area (TPSA) is 81.8 Å². The highest BCUT2D eigenvalue weighted by atomic mass is 35.5. The molecule has 0 unspecified atom stereocenters. The summed E-state index contributed by atoms with van der Waals surface area (Å²) in [5, 5.41) is 5.62. The van der Waals surface area contributed by atoms with Crippen molar-refractivity contribution in [1.29, 1.82) is 0 Å². The molecular weight excluding hydrogens is 380 g/mol. The van der Waals surface area contributed by atoms with Gasteiger partial charge in [0.1, 0.15) is 5.54 Å². The Hall–Kier alpha value is -2.28. The van der Waals surface area contributed by atoms with Crippen LogP contribution in [-0.4, -0.2) is 54.0 Å². The molecule has 1 aromatic carbocycles. The zero-order valence-corrected chi connectivity index (χ0v) is 17.5. The van der Waals surface area contributed by atoms with Gasteiger partial charge in [0.25, 0.3) is 5.91 Å². The Balaban J connectivity index is 1.60. The van der Waals surface area contributed by atoms with Gasteiger partial charge in [-0.3, -0.25) is 14.9 Å². The number of carbonyl (C=O) groups is 3. The van der Waals surface area contributed by atoms with E-state index in [9.17, 15) is 14.4 Å². The number of anilines is 1. The van der Waals surface area contributed by atoms with Crippen molar-refractivity contribution in [3.8, 4) is 0 Å². The molecule has 0 aromatic heterocycles. The fourth-order valence-corrected chi connectivity index (χ4v) is 4.04. The second-order valence-corrected chi connectivity index (χ2v) is 8.39. The van der Waals surface area contributed by atoms with Crippen molar-refractivity contribution in [1.82, 2.24) is 15.5 Å². The molecule has 1 aromatic rings. The van der Waals surface area contributed by atoms with Crippen molar-refractivity contribution in [2.75, 3.05) is 24.5 Å². The van der Waals surface area contributed by atoms with E-state index in [-0.39, 0.29) is 30.7 Å². The number of benzene rings is 1. The maximum atomic E-state index is 12.7. The summed E-state index contributed by atoms with van der Waals surface area (Å²) >= 11 is 6.28. The van der Waals surface area contributed by atoms with Crippen LogP contribution < -0.4 is 15.5 Å². The zero-order valence-electron chi connectivity index (χ0n) is 16.8. The molecule has 8 heteroatoms. The van der Waals surface area contributed by atoms with Crippen LogP contribution in [0.4, 0.5) is 10.5 Å². The van der Waals surface area contributed by atoms with Gasteiger partial charge in [-0.25, -0.2) is 4.79 Å². The molecule has 2 heterocycles. The highest BCUT2D eigenvalue weighted by Crippen LogP contribution is 2.29. The summed E-state index contributed by atoms with van der Waals surface area (Å²) in [5.41, 5.74) is 2.20. The summed E-state index contributed by atoms with van der Waals surface area (Å²) < 4.78 is 0. The summed E-state index contributed by atoms with van der Waals surface area (Å²) in [6, 6.07) is 3.84. The largest absolute Gasteiger partial charge is 0.365 e. The second-order valence-electron chi connectivity index (χ2n) is 8.02. The first-order valence-corrected chi connectivity index (χ1v) is 9.93. The quantitative estimate of drug-likeness (QED) is 0.752. The van der Waals surface area contributed by atoms with Crippen molar-refractivity contribution in [2.24, 2.45) is 0 Å². The number of imide groups is 1. The molecule has 2 aliphatic rings. The van der Waals surface area contributed by atoms with E-state index in [1.165, 1.54) is 0 Å². The van der Waals surface area contributed by atoms with Crippen molar-refractivity contribution >= 4 is 35.1 Å². The van der Waals surface area contributed by atoms with Gasteiger partial charge in [0.15, 0.2) is 0 Å². The highest BCUT2D eigenvalue weighted by molar-refractivity contribution is 6.32.